The van der Waals surface area contributed by atoms with Crippen molar-refractivity contribution < 1.29 is 24.2 Å². The van der Waals surface area contributed by atoms with Crippen LogP contribution in [0.4, 0.5) is 4.79 Å². The lowest BCUT2D eigenvalue weighted by Crippen LogP contribution is -2.44. The van der Waals surface area contributed by atoms with Gasteiger partial charge in [-0.2, -0.15) is 0 Å². The topological polar surface area (TPSA) is 105 Å². The number of amides is 2. The summed E-state index contributed by atoms with van der Waals surface area (Å²) in [5, 5.41) is 13.9. The van der Waals surface area contributed by atoms with E-state index < -0.39 is 24.0 Å². The lowest BCUT2D eigenvalue weighted by molar-refractivity contribution is -0.137. The summed E-state index contributed by atoms with van der Waals surface area (Å²) in [5.41, 5.74) is 4.57. The highest BCUT2D eigenvalue weighted by atomic mass is 16.5. The molecule has 0 saturated heterocycles. The molecular weight excluding hydrogens is 384 g/mol. The van der Waals surface area contributed by atoms with Gasteiger partial charge in [-0.25, -0.2) is 4.79 Å². The molecule has 2 aromatic carbocycles. The average Bonchev–Trinajstić information content (AvgIpc) is 3.05. The molecule has 30 heavy (non-hydrogen) atoms. The molecule has 2 amide bonds. The van der Waals surface area contributed by atoms with Crippen molar-refractivity contribution >= 4 is 18.0 Å². The van der Waals surface area contributed by atoms with Gasteiger partial charge in [0, 0.05) is 18.5 Å². The molecule has 7 heteroatoms. The number of carboxylic acids is 1. The number of rotatable bonds is 8. The molecule has 1 aliphatic rings. The van der Waals surface area contributed by atoms with Crippen LogP contribution < -0.4 is 10.6 Å². The number of ether oxygens (including phenoxy) is 1. The monoisotopic (exact) mass is 410 g/mol. The highest BCUT2D eigenvalue weighted by Gasteiger charge is 2.29. The van der Waals surface area contributed by atoms with Gasteiger partial charge in [0.15, 0.2) is 0 Å². The van der Waals surface area contributed by atoms with Crippen LogP contribution in [-0.2, 0) is 14.3 Å². The van der Waals surface area contributed by atoms with E-state index in [1.807, 2.05) is 36.4 Å². The Kier molecular flexibility index (Phi) is 6.72. The molecule has 0 saturated carbocycles. The van der Waals surface area contributed by atoms with Crippen LogP contribution >= 0.6 is 0 Å². The summed E-state index contributed by atoms with van der Waals surface area (Å²) in [6, 6.07) is 15.7. The van der Waals surface area contributed by atoms with E-state index >= 15 is 0 Å². The smallest absolute Gasteiger partial charge is 0.407 e. The van der Waals surface area contributed by atoms with E-state index in [1.54, 1.807) is 13.8 Å². The maximum atomic E-state index is 12.3. The van der Waals surface area contributed by atoms with Crippen molar-refractivity contribution in [1.82, 2.24) is 10.6 Å². The highest BCUT2D eigenvalue weighted by molar-refractivity contribution is 5.81. The first-order valence-electron chi connectivity index (χ1n) is 9.99. The Labute approximate surface area is 175 Å². The first-order chi connectivity index (χ1) is 14.4. The Bertz CT molecular complexity index is 897. The summed E-state index contributed by atoms with van der Waals surface area (Å²) in [6.45, 7) is 3.63. The molecule has 0 bridgehead atoms. The summed E-state index contributed by atoms with van der Waals surface area (Å²) in [7, 11) is 0. The Morgan fingerprint density at radius 1 is 1.00 bits per heavy atom. The molecule has 7 nitrogen and oxygen atoms in total. The fourth-order valence-corrected chi connectivity index (χ4v) is 3.63. The molecule has 0 spiro atoms. The van der Waals surface area contributed by atoms with Crippen LogP contribution in [0.15, 0.2) is 48.5 Å². The van der Waals surface area contributed by atoms with Crippen molar-refractivity contribution in [2.24, 2.45) is 5.92 Å². The average molecular weight is 410 g/mol. The van der Waals surface area contributed by atoms with Crippen molar-refractivity contribution in [3.8, 4) is 11.1 Å². The molecule has 0 fully saturated rings. The highest BCUT2D eigenvalue weighted by Crippen LogP contribution is 2.44. The second kappa shape index (κ2) is 9.43. The van der Waals surface area contributed by atoms with E-state index in [9.17, 15) is 14.4 Å². The fourth-order valence-electron chi connectivity index (χ4n) is 3.63. The number of aliphatic carboxylic acids is 1. The number of nitrogens with one attached hydrogen (secondary N) is 2. The van der Waals surface area contributed by atoms with E-state index in [4.69, 9.17) is 9.84 Å². The maximum absolute atomic E-state index is 12.3. The van der Waals surface area contributed by atoms with Crippen molar-refractivity contribution in [3.05, 3.63) is 59.7 Å². The van der Waals surface area contributed by atoms with Crippen LogP contribution in [0.25, 0.3) is 11.1 Å². The number of carbonyl (C=O) groups excluding carboxylic acids is 2. The molecular formula is C23H26N2O5. The number of hydrogen-bond donors (Lipinski definition) is 3. The Balaban J connectivity index is 1.55. The van der Waals surface area contributed by atoms with Crippen LogP contribution in [0.1, 0.15) is 37.3 Å². The Morgan fingerprint density at radius 3 is 2.13 bits per heavy atom. The molecule has 1 aliphatic carbocycles. The number of benzene rings is 2. The van der Waals surface area contributed by atoms with Gasteiger partial charge in [-0.05, 0) is 29.2 Å². The maximum Gasteiger partial charge on any atom is 0.407 e. The third-order valence-electron chi connectivity index (χ3n) is 5.49. The first-order valence-corrected chi connectivity index (χ1v) is 9.99. The molecule has 3 N–H and O–H groups in total. The summed E-state index contributed by atoms with van der Waals surface area (Å²) >= 11 is 0. The summed E-state index contributed by atoms with van der Waals surface area (Å²) < 4.78 is 5.49. The normalized spacial score (nSPS) is 14.2. The zero-order valence-corrected chi connectivity index (χ0v) is 17.1. The Hall–Kier alpha value is -3.35. The van der Waals surface area contributed by atoms with Crippen molar-refractivity contribution in [3.63, 3.8) is 0 Å². The minimum absolute atomic E-state index is 0.0322. The predicted molar refractivity (Wildman–Crippen MR) is 112 cm³/mol. The molecule has 2 aromatic rings. The number of fused-ring (bicyclic) bond motifs is 3. The first kappa shape index (κ1) is 21.4. The van der Waals surface area contributed by atoms with E-state index in [0.29, 0.717) is 0 Å². The van der Waals surface area contributed by atoms with Gasteiger partial charge in [-0.15, -0.1) is 0 Å². The van der Waals surface area contributed by atoms with Crippen molar-refractivity contribution in [1.29, 1.82) is 0 Å². The summed E-state index contributed by atoms with van der Waals surface area (Å²) in [6.07, 6.45) is -0.735. The molecule has 3 rings (SSSR count). The number of alkyl carbamates (subject to hydrolysis) is 1. The molecule has 0 aromatic heterocycles. The predicted octanol–water partition coefficient (Wildman–Crippen LogP) is 3.14. The fraction of sp³-hybridized carbons (Fsp3) is 0.348. The number of hydrogen-bond acceptors (Lipinski definition) is 4. The van der Waals surface area contributed by atoms with E-state index in [0.717, 1.165) is 22.3 Å². The van der Waals surface area contributed by atoms with Gasteiger partial charge >= 0.3 is 12.1 Å². The quantitative estimate of drug-likeness (QED) is 0.620. The third-order valence-corrected chi connectivity index (χ3v) is 5.49. The van der Waals surface area contributed by atoms with Crippen LogP contribution in [0, 0.1) is 5.92 Å². The van der Waals surface area contributed by atoms with Crippen LogP contribution in [0.2, 0.25) is 0 Å². The third kappa shape index (κ3) is 4.79. The second-order valence-corrected chi connectivity index (χ2v) is 7.48. The SMILES string of the molecule is CC(NC(=O)OCC1c2ccccc2-c2ccccc21)C(C)C(=O)NCCC(=O)O. The van der Waals surface area contributed by atoms with Gasteiger partial charge < -0.3 is 20.5 Å². The molecule has 0 heterocycles. The van der Waals surface area contributed by atoms with Crippen molar-refractivity contribution in [2.45, 2.75) is 32.2 Å². The van der Waals surface area contributed by atoms with Gasteiger partial charge in [0.1, 0.15) is 6.61 Å². The minimum Gasteiger partial charge on any atom is -0.481 e. The van der Waals surface area contributed by atoms with Gasteiger partial charge in [0.25, 0.3) is 0 Å². The van der Waals surface area contributed by atoms with E-state index in [-0.39, 0.29) is 31.4 Å². The molecule has 0 aliphatic heterocycles. The van der Waals surface area contributed by atoms with Gasteiger partial charge in [-0.1, -0.05) is 55.5 Å². The molecule has 2 unspecified atom stereocenters. The molecule has 2 atom stereocenters. The second-order valence-electron chi connectivity index (χ2n) is 7.48. The zero-order chi connectivity index (χ0) is 21.7. The van der Waals surface area contributed by atoms with E-state index in [1.165, 1.54) is 0 Å². The summed E-state index contributed by atoms with van der Waals surface area (Å²) in [5.74, 6) is -1.86. The largest absolute Gasteiger partial charge is 0.481 e. The van der Waals surface area contributed by atoms with Crippen LogP contribution in [0.5, 0.6) is 0 Å². The lowest BCUT2D eigenvalue weighted by atomic mass is 9.98. The van der Waals surface area contributed by atoms with Crippen LogP contribution in [0.3, 0.4) is 0 Å². The van der Waals surface area contributed by atoms with E-state index in [2.05, 4.69) is 22.8 Å². The lowest BCUT2D eigenvalue weighted by Gasteiger charge is -2.21. The van der Waals surface area contributed by atoms with Crippen molar-refractivity contribution in [2.75, 3.05) is 13.2 Å². The molecule has 158 valence electrons. The molecule has 0 radical (unpaired) electrons. The zero-order valence-electron chi connectivity index (χ0n) is 17.1. The van der Waals surface area contributed by atoms with Gasteiger partial charge in [-0.3, -0.25) is 9.59 Å². The standard InChI is InChI=1S/C23H26N2O5/c1-14(22(28)24-12-11-21(26)27)15(2)25-23(29)30-13-20-18-9-5-3-7-16(18)17-8-4-6-10-19(17)20/h3-10,14-15,20H,11-13H2,1-2H3,(H,24,28)(H,25,29)(H,26,27). The minimum atomic E-state index is -0.979. The number of carbonyl (C=O) groups is 3. The Morgan fingerprint density at radius 2 is 1.57 bits per heavy atom. The van der Waals surface area contributed by atoms with Gasteiger partial charge in [0.2, 0.25) is 5.91 Å². The summed E-state index contributed by atoms with van der Waals surface area (Å²) in [4.78, 5) is 35.0. The van der Waals surface area contributed by atoms with Crippen LogP contribution in [-0.4, -0.2) is 42.3 Å². The van der Waals surface area contributed by atoms with Gasteiger partial charge in [0.05, 0.1) is 12.3 Å². The number of carboxylic acid groups (broad SMARTS) is 1.